The number of allylic oxidation sites excluding steroid dienone is 1. The van der Waals surface area contributed by atoms with Gasteiger partial charge < -0.3 is 5.32 Å². The molecule has 0 saturated carbocycles. The summed E-state index contributed by atoms with van der Waals surface area (Å²) in [4.78, 5) is 11.8. The molecule has 134 valence electrons. The van der Waals surface area contributed by atoms with Crippen LogP contribution in [0.2, 0.25) is 0 Å². The first kappa shape index (κ1) is 20.2. The van der Waals surface area contributed by atoms with Crippen molar-refractivity contribution in [2.75, 3.05) is 25.9 Å². The summed E-state index contributed by atoms with van der Waals surface area (Å²) >= 11 is 0. The van der Waals surface area contributed by atoms with Gasteiger partial charge in [0.2, 0.25) is 15.9 Å². The highest BCUT2D eigenvalue weighted by Gasteiger charge is 2.18. The lowest BCUT2D eigenvalue weighted by atomic mass is 9.97. The predicted molar refractivity (Wildman–Crippen MR) is 94.7 cm³/mol. The Hall–Kier alpha value is -0.880. The summed E-state index contributed by atoms with van der Waals surface area (Å²) in [5.41, 5.74) is 1.35. The first-order chi connectivity index (χ1) is 10.8. The zero-order valence-corrected chi connectivity index (χ0v) is 15.6. The number of nitrogens with one attached hydrogen (secondary N) is 1. The first-order valence-electron chi connectivity index (χ1n) is 8.68. The Morgan fingerprint density at radius 2 is 2.04 bits per heavy atom. The number of hydrogen-bond donors (Lipinski definition) is 1. The molecule has 1 amide bonds. The van der Waals surface area contributed by atoms with Gasteiger partial charge in [-0.05, 0) is 44.4 Å². The van der Waals surface area contributed by atoms with Gasteiger partial charge >= 0.3 is 0 Å². The van der Waals surface area contributed by atoms with Gasteiger partial charge in [-0.1, -0.05) is 25.5 Å². The van der Waals surface area contributed by atoms with Crippen LogP contribution >= 0.6 is 0 Å². The summed E-state index contributed by atoms with van der Waals surface area (Å²) < 4.78 is 25.2. The van der Waals surface area contributed by atoms with Crippen LogP contribution in [0.1, 0.15) is 58.8 Å². The fourth-order valence-corrected chi connectivity index (χ4v) is 3.50. The molecule has 0 aromatic rings. The molecule has 0 aliphatic heterocycles. The first-order valence-corrected chi connectivity index (χ1v) is 10.5. The van der Waals surface area contributed by atoms with E-state index in [-0.39, 0.29) is 18.9 Å². The third-order valence-electron chi connectivity index (χ3n) is 4.17. The van der Waals surface area contributed by atoms with Crippen molar-refractivity contribution in [2.45, 2.75) is 58.8 Å². The van der Waals surface area contributed by atoms with E-state index in [4.69, 9.17) is 0 Å². The second-order valence-corrected chi connectivity index (χ2v) is 8.79. The molecule has 0 fully saturated rings. The monoisotopic (exact) mass is 344 g/mol. The Bertz CT molecular complexity index is 498. The Kier molecular flexibility index (Phi) is 8.84. The average molecular weight is 345 g/mol. The summed E-state index contributed by atoms with van der Waals surface area (Å²) in [6, 6.07) is 0. The van der Waals surface area contributed by atoms with Crippen molar-refractivity contribution in [3.63, 3.8) is 0 Å². The maximum absolute atomic E-state index is 11.9. The lowest BCUT2D eigenvalue weighted by molar-refractivity contribution is -0.121. The van der Waals surface area contributed by atoms with E-state index in [2.05, 4.69) is 25.2 Å². The van der Waals surface area contributed by atoms with Gasteiger partial charge in [0.15, 0.2) is 0 Å². The van der Waals surface area contributed by atoms with Crippen LogP contribution < -0.4 is 5.32 Å². The number of rotatable bonds is 10. The largest absolute Gasteiger partial charge is 0.356 e. The SMILES string of the molecule is CC(C)CCNC(=O)CCN(CCC1=CCCCC1)S(C)(=O)=O. The van der Waals surface area contributed by atoms with Gasteiger partial charge in [-0.3, -0.25) is 4.79 Å². The standard InChI is InChI=1S/C17H32N2O3S/c1-15(2)9-12-18-17(20)11-14-19(23(3,21)22)13-10-16-7-5-4-6-8-16/h7,15H,4-6,8-14H2,1-3H3,(H,18,20). The fourth-order valence-electron chi connectivity index (χ4n) is 2.66. The van der Waals surface area contributed by atoms with Crippen molar-refractivity contribution < 1.29 is 13.2 Å². The van der Waals surface area contributed by atoms with Crippen molar-refractivity contribution in [3.05, 3.63) is 11.6 Å². The predicted octanol–water partition coefficient (Wildman–Crippen LogP) is 2.69. The van der Waals surface area contributed by atoms with Gasteiger partial charge in [0.1, 0.15) is 0 Å². The lowest BCUT2D eigenvalue weighted by Gasteiger charge is -2.21. The molecule has 23 heavy (non-hydrogen) atoms. The molecule has 0 atom stereocenters. The second kappa shape index (κ2) is 10.1. The van der Waals surface area contributed by atoms with Crippen LogP contribution in [0.3, 0.4) is 0 Å². The van der Waals surface area contributed by atoms with E-state index in [0.717, 1.165) is 25.7 Å². The molecule has 1 rings (SSSR count). The summed E-state index contributed by atoms with van der Waals surface area (Å²) in [5.74, 6) is 0.475. The Labute approximate surface area is 141 Å². The van der Waals surface area contributed by atoms with Crippen LogP contribution in [0.5, 0.6) is 0 Å². The molecule has 0 radical (unpaired) electrons. The molecule has 0 heterocycles. The summed E-state index contributed by atoms with van der Waals surface area (Å²) in [7, 11) is -3.27. The minimum atomic E-state index is -3.27. The smallest absolute Gasteiger partial charge is 0.221 e. The third-order valence-corrected chi connectivity index (χ3v) is 5.47. The molecule has 6 heteroatoms. The molecule has 0 saturated heterocycles. The molecule has 1 aliphatic carbocycles. The molecule has 0 spiro atoms. The molecule has 0 unspecified atom stereocenters. The van der Waals surface area contributed by atoms with E-state index in [1.54, 1.807) is 0 Å². The van der Waals surface area contributed by atoms with Crippen molar-refractivity contribution in [1.82, 2.24) is 9.62 Å². The van der Waals surface area contributed by atoms with E-state index in [1.165, 1.54) is 29.0 Å². The molecule has 1 aliphatic rings. The van der Waals surface area contributed by atoms with Crippen molar-refractivity contribution in [2.24, 2.45) is 5.92 Å². The number of nitrogens with zero attached hydrogens (tertiary/aromatic N) is 1. The average Bonchev–Trinajstić information content (AvgIpc) is 2.46. The quantitative estimate of drug-likeness (QED) is 0.620. The van der Waals surface area contributed by atoms with E-state index < -0.39 is 10.0 Å². The van der Waals surface area contributed by atoms with Gasteiger partial charge in [-0.15, -0.1) is 0 Å². The van der Waals surface area contributed by atoms with E-state index in [1.807, 2.05) is 0 Å². The summed E-state index contributed by atoms with van der Waals surface area (Å²) in [6.07, 6.45) is 10.0. The maximum atomic E-state index is 11.9. The topological polar surface area (TPSA) is 66.5 Å². The highest BCUT2D eigenvalue weighted by Crippen LogP contribution is 2.20. The number of amides is 1. The highest BCUT2D eigenvalue weighted by molar-refractivity contribution is 7.88. The third kappa shape index (κ3) is 9.11. The number of carbonyl (C=O) groups excluding carboxylic acids is 1. The van der Waals surface area contributed by atoms with E-state index >= 15 is 0 Å². The molecule has 5 nitrogen and oxygen atoms in total. The Balaban J connectivity index is 2.39. The van der Waals surface area contributed by atoms with Crippen molar-refractivity contribution in [3.8, 4) is 0 Å². The minimum absolute atomic E-state index is 0.0730. The zero-order chi connectivity index (χ0) is 17.3. The van der Waals surface area contributed by atoms with Crippen molar-refractivity contribution >= 4 is 15.9 Å². The van der Waals surface area contributed by atoms with Crippen LogP contribution in [0, 0.1) is 5.92 Å². The lowest BCUT2D eigenvalue weighted by Crippen LogP contribution is -2.35. The van der Waals surface area contributed by atoms with Gasteiger partial charge in [-0.2, -0.15) is 0 Å². The van der Waals surface area contributed by atoms with Crippen molar-refractivity contribution in [1.29, 1.82) is 0 Å². The minimum Gasteiger partial charge on any atom is -0.356 e. The normalized spacial score (nSPS) is 15.8. The summed E-state index contributed by atoms with van der Waals surface area (Å²) in [6.45, 7) is 5.61. The Morgan fingerprint density at radius 3 is 2.61 bits per heavy atom. The summed E-state index contributed by atoms with van der Waals surface area (Å²) in [5, 5.41) is 2.85. The zero-order valence-electron chi connectivity index (χ0n) is 14.8. The van der Waals surface area contributed by atoms with Crippen LogP contribution in [0.15, 0.2) is 11.6 Å². The van der Waals surface area contributed by atoms with Gasteiger partial charge in [0.25, 0.3) is 0 Å². The van der Waals surface area contributed by atoms with Crippen LogP contribution in [0.25, 0.3) is 0 Å². The van der Waals surface area contributed by atoms with Gasteiger partial charge in [0.05, 0.1) is 6.26 Å². The molecule has 0 aromatic heterocycles. The highest BCUT2D eigenvalue weighted by atomic mass is 32.2. The van der Waals surface area contributed by atoms with Crippen LogP contribution in [-0.2, 0) is 14.8 Å². The van der Waals surface area contributed by atoms with Gasteiger partial charge in [0, 0.05) is 26.1 Å². The fraction of sp³-hybridized carbons (Fsp3) is 0.824. The second-order valence-electron chi connectivity index (χ2n) is 6.80. The Morgan fingerprint density at radius 1 is 1.30 bits per heavy atom. The molecular formula is C17H32N2O3S. The number of carbonyl (C=O) groups is 1. The maximum Gasteiger partial charge on any atom is 0.221 e. The van der Waals surface area contributed by atoms with Crippen LogP contribution in [-0.4, -0.2) is 44.5 Å². The number of hydrogen-bond acceptors (Lipinski definition) is 3. The van der Waals surface area contributed by atoms with E-state index in [0.29, 0.717) is 19.0 Å². The molecule has 1 N–H and O–H groups in total. The molecule has 0 bridgehead atoms. The van der Waals surface area contributed by atoms with Crippen LogP contribution in [0.4, 0.5) is 0 Å². The van der Waals surface area contributed by atoms with E-state index in [9.17, 15) is 13.2 Å². The number of sulfonamides is 1. The molecule has 0 aromatic carbocycles. The van der Waals surface area contributed by atoms with Gasteiger partial charge in [-0.25, -0.2) is 12.7 Å². The molecular weight excluding hydrogens is 312 g/mol.